The standard InChI is InChI=1S/C14H17N3O3/c18-14(19)7-12-10-20-6-5-16(12)8-11-9-17-4-2-1-3-13(17)15-11/h1-4,9,12H,5-8,10H2,(H,18,19). The smallest absolute Gasteiger partial charge is 0.305 e. The van der Waals surface area contributed by atoms with Crippen LogP contribution in [-0.4, -0.2) is 51.2 Å². The van der Waals surface area contributed by atoms with Gasteiger partial charge in [0.1, 0.15) is 5.65 Å². The van der Waals surface area contributed by atoms with Gasteiger partial charge in [-0.05, 0) is 12.1 Å². The maximum Gasteiger partial charge on any atom is 0.305 e. The van der Waals surface area contributed by atoms with E-state index in [4.69, 9.17) is 9.84 Å². The highest BCUT2D eigenvalue weighted by atomic mass is 16.5. The van der Waals surface area contributed by atoms with Gasteiger partial charge < -0.3 is 14.2 Å². The molecule has 1 saturated heterocycles. The third-order valence-electron chi connectivity index (χ3n) is 3.54. The van der Waals surface area contributed by atoms with Crippen molar-refractivity contribution in [2.24, 2.45) is 0 Å². The number of ether oxygens (including phenoxy) is 1. The van der Waals surface area contributed by atoms with Gasteiger partial charge in [0.25, 0.3) is 0 Å². The average molecular weight is 275 g/mol. The Balaban J connectivity index is 1.75. The van der Waals surface area contributed by atoms with E-state index in [0.717, 1.165) is 17.9 Å². The molecule has 1 aliphatic rings. The molecule has 0 aromatic carbocycles. The molecule has 0 radical (unpaired) electrons. The van der Waals surface area contributed by atoms with Crippen LogP contribution in [0, 0.1) is 0 Å². The zero-order chi connectivity index (χ0) is 13.9. The van der Waals surface area contributed by atoms with Crippen LogP contribution in [0.1, 0.15) is 12.1 Å². The quantitative estimate of drug-likeness (QED) is 0.902. The molecular formula is C14H17N3O3. The van der Waals surface area contributed by atoms with Gasteiger partial charge in [-0.3, -0.25) is 9.69 Å². The summed E-state index contributed by atoms with van der Waals surface area (Å²) in [7, 11) is 0. The van der Waals surface area contributed by atoms with Crippen LogP contribution >= 0.6 is 0 Å². The number of fused-ring (bicyclic) bond motifs is 1. The summed E-state index contributed by atoms with van der Waals surface area (Å²) in [5.74, 6) is -0.791. The van der Waals surface area contributed by atoms with Crippen molar-refractivity contribution < 1.29 is 14.6 Å². The first-order valence-electron chi connectivity index (χ1n) is 6.68. The van der Waals surface area contributed by atoms with Crippen LogP contribution in [-0.2, 0) is 16.1 Å². The predicted octanol–water partition coefficient (Wildman–Crippen LogP) is 1.01. The van der Waals surface area contributed by atoms with E-state index in [2.05, 4.69) is 9.88 Å². The number of imidazole rings is 1. The van der Waals surface area contributed by atoms with Gasteiger partial charge >= 0.3 is 5.97 Å². The molecule has 2 aromatic rings. The Morgan fingerprint density at radius 1 is 1.50 bits per heavy atom. The van der Waals surface area contributed by atoms with E-state index in [0.29, 0.717) is 19.8 Å². The fourth-order valence-corrected chi connectivity index (χ4v) is 2.56. The highest BCUT2D eigenvalue weighted by molar-refractivity contribution is 5.67. The minimum atomic E-state index is -0.791. The lowest BCUT2D eigenvalue weighted by Crippen LogP contribution is -2.45. The van der Waals surface area contributed by atoms with Crippen LogP contribution in [0.5, 0.6) is 0 Å². The number of morpholine rings is 1. The molecule has 1 N–H and O–H groups in total. The Morgan fingerprint density at radius 2 is 2.40 bits per heavy atom. The van der Waals surface area contributed by atoms with E-state index >= 15 is 0 Å². The van der Waals surface area contributed by atoms with Gasteiger partial charge in [-0.25, -0.2) is 4.98 Å². The molecule has 0 aliphatic carbocycles. The van der Waals surface area contributed by atoms with E-state index in [1.807, 2.05) is 35.0 Å². The summed E-state index contributed by atoms with van der Waals surface area (Å²) in [6.07, 6.45) is 4.05. The van der Waals surface area contributed by atoms with Crippen molar-refractivity contribution in [2.45, 2.75) is 19.0 Å². The van der Waals surface area contributed by atoms with Crippen molar-refractivity contribution in [3.8, 4) is 0 Å². The Hall–Kier alpha value is -1.92. The molecule has 2 aromatic heterocycles. The summed E-state index contributed by atoms with van der Waals surface area (Å²) >= 11 is 0. The summed E-state index contributed by atoms with van der Waals surface area (Å²) in [5.41, 5.74) is 1.86. The molecule has 0 spiro atoms. The molecule has 1 unspecified atom stereocenters. The first kappa shape index (κ1) is 13.1. The van der Waals surface area contributed by atoms with Gasteiger partial charge in [-0.2, -0.15) is 0 Å². The number of hydrogen-bond acceptors (Lipinski definition) is 4. The molecule has 3 rings (SSSR count). The van der Waals surface area contributed by atoms with Crippen LogP contribution in [0.3, 0.4) is 0 Å². The molecular weight excluding hydrogens is 258 g/mol. The summed E-state index contributed by atoms with van der Waals surface area (Å²) in [6.45, 7) is 2.51. The summed E-state index contributed by atoms with van der Waals surface area (Å²) in [4.78, 5) is 17.6. The number of aromatic nitrogens is 2. The van der Waals surface area contributed by atoms with E-state index in [-0.39, 0.29) is 12.5 Å². The number of aliphatic carboxylic acids is 1. The van der Waals surface area contributed by atoms with Gasteiger partial charge in [-0.15, -0.1) is 0 Å². The minimum Gasteiger partial charge on any atom is -0.481 e. The van der Waals surface area contributed by atoms with Crippen molar-refractivity contribution >= 4 is 11.6 Å². The van der Waals surface area contributed by atoms with E-state index in [9.17, 15) is 4.79 Å². The molecule has 3 heterocycles. The highest BCUT2D eigenvalue weighted by Gasteiger charge is 2.25. The normalized spacial score (nSPS) is 20.3. The number of nitrogens with zero attached hydrogens (tertiary/aromatic N) is 3. The summed E-state index contributed by atoms with van der Waals surface area (Å²) in [6, 6.07) is 5.79. The highest BCUT2D eigenvalue weighted by Crippen LogP contribution is 2.15. The molecule has 1 aliphatic heterocycles. The van der Waals surface area contributed by atoms with Gasteiger partial charge in [0, 0.05) is 31.5 Å². The summed E-state index contributed by atoms with van der Waals surface area (Å²) < 4.78 is 7.35. The van der Waals surface area contributed by atoms with Crippen LogP contribution in [0.15, 0.2) is 30.6 Å². The van der Waals surface area contributed by atoms with E-state index < -0.39 is 5.97 Å². The molecule has 0 amide bonds. The number of carboxylic acid groups (broad SMARTS) is 1. The molecule has 106 valence electrons. The first-order valence-corrected chi connectivity index (χ1v) is 6.68. The van der Waals surface area contributed by atoms with Crippen LogP contribution in [0.25, 0.3) is 5.65 Å². The lowest BCUT2D eigenvalue weighted by Gasteiger charge is -2.34. The molecule has 1 fully saturated rings. The van der Waals surface area contributed by atoms with Crippen molar-refractivity contribution in [3.05, 3.63) is 36.3 Å². The maximum atomic E-state index is 10.9. The van der Waals surface area contributed by atoms with Crippen LogP contribution in [0.4, 0.5) is 0 Å². The van der Waals surface area contributed by atoms with E-state index in [1.54, 1.807) is 0 Å². The second-order valence-corrected chi connectivity index (χ2v) is 5.00. The topological polar surface area (TPSA) is 67.1 Å². The van der Waals surface area contributed by atoms with Gasteiger partial charge in [0.15, 0.2) is 0 Å². The Bertz CT molecular complexity index is 577. The van der Waals surface area contributed by atoms with Crippen molar-refractivity contribution in [2.75, 3.05) is 19.8 Å². The Morgan fingerprint density at radius 3 is 3.20 bits per heavy atom. The fraction of sp³-hybridized carbons (Fsp3) is 0.429. The number of carboxylic acids is 1. The maximum absolute atomic E-state index is 10.9. The zero-order valence-corrected chi connectivity index (χ0v) is 11.1. The molecule has 0 bridgehead atoms. The zero-order valence-electron chi connectivity index (χ0n) is 11.1. The van der Waals surface area contributed by atoms with E-state index in [1.165, 1.54) is 0 Å². The molecule has 6 heteroatoms. The lowest BCUT2D eigenvalue weighted by molar-refractivity contribution is -0.140. The second kappa shape index (κ2) is 5.60. The van der Waals surface area contributed by atoms with Gasteiger partial charge in [0.05, 0.1) is 25.3 Å². The third-order valence-corrected chi connectivity index (χ3v) is 3.54. The van der Waals surface area contributed by atoms with Crippen molar-refractivity contribution in [1.29, 1.82) is 0 Å². The van der Waals surface area contributed by atoms with Crippen molar-refractivity contribution in [3.63, 3.8) is 0 Å². The lowest BCUT2D eigenvalue weighted by atomic mass is 10.1. The number of rotatable bonds is 4. The molecule has 20 heavy (non-hydrogen) atoms. The average Bonchev–Trinajstić information content (AvgIpc) is 2.82. The summed E-state index contributed by atoms with van der Waals surface area (Å²) in [5, 5.41) is 8.96. The number of pyridine rings is 1. The van der Waals surface area contributed by atoms with Crippen molar-refractivity contribution in [1.82, 2.24) is 14.3 Å². The van der Waals surface area contributed by atoms with Crippen LogP contribution in [0.2, 0.25) is 0 Å². The Labute approximate surface area is 116 Å². The number of carbonyl (C=O) groups is 1. The Kier molecular flexibility index (Phi) is 3.66. The monoisotopic (exact) mass is 275 g/mol. The second-order valence-electron chi connectivity index (χ2n) is 5.00. The molecule has 6 nitrogen and oxygen atoms in total. The number of hydrogen-bond donors (Lipinski definition) is 1. The fourth-order valence-electron chi connectivity index (χ4n) is 2.56. The van der Waals surface area contributed by atoms with Gasteiger partial charge in [-0.1, -0.05) is 6.07 Å². The first-order chi connectivity index (χ1) is 9.72. The third kappa shape index (κ3) is 2.81. The largest absolute Gasteiger partial charge is 0.481 e. The molecule has 1 atom stereocenters. The predicted molar refractivity (Wildman–Crippen MR) is 72.5 cm³/mol. The SMILES string of the molecule is O=C(O)CC1COCCN1Cc1cn2ccccc2n1. The van der Waals surface area contributed by atoms with Crippen LogP contribution < -0.4 is 0 Å². The van der Waals surface area contributed by atoms with Gasteiger partial charge in [0.2, 0.25) is 0 Å². The molecule has 0 saturated carbocycles. The minimum absolute atomic E-state index is 0.0777.